The zero-order valence-electron chi connectivity index (χ0n) is 10.6. The van der Waals surface area contributed by atoms with Crippen LogP contribution >= 0.6 is 24.0 Å². The van der Waals surface area contributed by atoms with Crippen LogP contribution in [0.3, 0.4) is 0 Å². The van der Waals surface area contributed by atoms with Crippen LogP contribution in [0.5, 0.6) is 0 Å². The molecule has 0 aliphatic heterocycles. The van der Waals surface area contributed by atoms with E-state index in [1.807, 2.05) is 6.92 Å². The van der Waals surface area contributed by atoms with Crippen molar-refractivity contribution >= 4 is 35.8 Å². The van der Waals surface area contributed by atoms with Crippen molar-refractivity contribution in [1.29, 1.82) is 0 Å². The number of halogens is 1. The van der Waals surface area contributed by atoms with Gasteiger partial charge in [-0.1, -0.05) is 6.92 Å². The van der Waals surface area contributed by atoms with E-state index >= 15 is 0 Å². The van der Waals surface area contributed by atoms with E-state index in [0.29, 0.717) is 5.96 Å². The average molecular weight is 354 g/mol. The lowest BCUT2D eigenvalue weighted by atomic mass is 10.4. The van der Waals surface area contributed by atoms with Crippen LogP contribution in [-0.2, 0) is 4.79 Å². The lowest BCUT2D eigenvalue weighted by molar-refractivity contribution is -0.120. The largest absolute Gasteiger partial charge is 0.356 e. The number of hydrogen-bond acceptors (Lipinski definition) is 2. The third-order valence-electron chi connectivity index (χ3n) is 2.47. The van der Waals surface area contributed by atoms with E-state index in [9.17, 15) is 4.79 Å². The molecule has 0 heterocycles. The van der Waals surface area contributed by atoms with E-state index in [-0.39, 0.29) is 36.4 Å². The SMILES string of the molecule is CCCNC(=O)CNC(=NC)NCC1CC1.I. The Morgan fingerprint density at radius 3 is 2.53 bits per heavy atom. The molecule has 17 heavy (non-hydrogen) atoms. The van der Waals surface area contributed by atoms with Crippen LogP contribution in [0.1, 0.15) is 26.2 Å². The van der Waals surface area contributed by atoms with Gasteiger partial charge in [0.25, 0.3) is 0 Å². The Kier molecular flexibility index (Phi) is 9.20. The van der Waals surface area contributed by atoms with Gasteiger partial charge in [-0.15, -0.1) is 24.0 Å². The predicted octanol–water partition coefficient (Wildman–Crippen LogP) is 0.706. The summed E-state index contributed by atoms with van der Waals surface area (Å²) in [7, 11) is 1.71. The zero-order chi connectivity index (χ0) is 11.8. The quantitative estimate of drug-likeness (QED) is 0.374. The summed E-state index contributed by atoms with van der Waals surface area (Å²) in [6, 6.07) is 0. The fraction of sp³-hybridized carbons (Fsp3) is 0.818. The molecule has 0 aromatic carbocycles. The molecular weight excluding hydrogens is 331 g/mol. The van der Waals surface area contributed by atoms with Crippen LogP contribution in [0.25, 0.3) is 0 Å². The number of aliphatic imine (C=N–C) groups is 1. The van der Waals surface area contributed by atoms with Gasteiger partial charge in [0.1, 0.15) is 0 Å². The minimum atomic E-state index is 0. The van der Waals surface area contributed by atoms with E-state index in [1.165, 1.54) is 12.8 Å². The van der Waals surface area contributed by atoms with E-state index in [0.717, 1.165) is 25.4 Å². The van der Waals surface area contributed by atoms with E-state index < -0.39 is 0 Å². The molecular formula is C11H23IN4O. The zero-order valence-corrected chi connectivity index (χ0v) is 12.9. The Hall–Kier alpha value is -0.530. The molecule has 0 spiro atoms. The highest BCUT2D eigenvalue weighted by molar-refractivity contribution is 14.0. The molecule has 0 aromatic rings. The number of nitrogens with zero attached hydrogens (tertiary/aromatic N) is 1. The minimum absolute atomic E-state index is 0. The fourth-order valence-corrected chi connectivity index (χ4v) is 1.27. The van der Waals surface area contributed by atoms with Crippen molar-refractivity contribution in [3.05, 3.63) is 0 Å². The van der Waals surface area contributed by atoms with E-state index in [4.69, 9.17) is 0 Å². The molecule has 0 radical (unpaired) electrons. The Labute approximate surface area is 120 Å². The van der Waals surface area contributed by atoms with Crippen LogP contribution in [0.2, 0.25) is 0 Å². The standard InChI is InChI=1S/C11H22N4O.HI/c1-3-6-13-10(16)8-15-11(12-2)14-7-9-4-5-9;/h9H,3-8H2,1-2H3,(H,13,16)(H2,12,14,15);1H. The summed E-state index contributed by atoms with van der Waals surface area (Å²) in [6.45, 7) is 4.00. The summed E-state index contributed by atoms with van der Waals surface area (Å²) in [6.07, 6.45) is 3.57. The van der Waals surface area contributed by atoms with Gasteiger partial charge < -0.3 is 16.0 Å². The summed E-state index contributed by atoms with van der Waals surface area (Å²) in [5, 5.41) is 8.99. The Morgan fingerprint density at radius 2 is 2.00 bits per heavy atom. The molecule has 0 bridgehead atoms. The first-order valence-corrected chi connectivity index (χ1v) is 5.97. The molecule has 1 fully saturated rings. The second-order valence-electron chi connectivity index (χ2n) is 4.10. The van der Waals surface area contributed by atoms with Gasteiger partial charge in [-0.25, -0.2) is 0 Å². The molecule has 3 N–H and O–H groups in total. The third-order valence-corrected chi connectivity index (χ3v) is 2.47. The minimum Gasteiger partial charge on any atom is -0.356 e. The van der Waals surface area contributed by atoms with Crippen LogP contribution < -0.4 is 16.0 Å². The average Bonchev–Trinajstić information content (AvgIpc) is 3.10. The second-order valence-corrected chi connectivity index (χ2v) is 4.10. The lowest BCUT2D eigenvalue weighted by Gasteiger charge is -2.11. The van der Waals surface area contributed by atoms with Crippen molar-refractivity contribution in [1.82, 2.24) is 16.0 Å². The maximum Gasteiger partial charge on any atom is 0.239 e. The maximum absolute atomic E-state index is 11.3. The number of amides is 1. The van der Waals surface area contributed by atoms with Crippen LogP contribution in [0.4, 0.5) is 0 Å². The van der Waals surface area contributed by atoms with E-state index in [1.54, 1.807) is 7.05 Å². The molecule has 1 saturated carbocycles. The highest BCUT2D eigenvalue weighted by Gasteiger charge is 2.21. The maximum atomic E-state index is 11.3. The molecule has 0 aromatic heterocycles. The number of carbonyl (C=O) groups excluding carboxylic acids is 1. The van der Waals surface area contributed by atoms with Gasteiger partial charge in [-0.05, 0) is 25.2 Å². The van der Waals surface area contributed by atoms with Gasteiger partial charge in [0.05, 0.1) is 6.54 Å². The van der Waals surface area contributed by atoms with Crippen LogP contribution in [0, 0.1) is 5.92 Å². The number of carbonyl (C=O) groups is 1. The van der Waals surface area contributed by atoms with Gasteiger partial charge in [0, 0.05) is 20.1 Å². The van der Waals surface area contributed by atoms with Crippen molar-refractivity contribution in [3.8, 4) is 0 Å². The van der Waals surface area contributed by atoms with Crippen molar-refractivity contribution in [2.75, 3.05) is 26.7 Å². The smallest absolute Gasteiger partial charge is 0.239 e. The third kappa shape index (κ3) is 8.23. The molecule has 0 saturated heterocycles. The summed E-state index contributed by atoms with van der Waals surface area (Å²) in [4.78, 5) is 15.4. The molecule has 5 nitrogen and oxygen atoms in total. The first kappa shape index (κ1) is 16.5. The normalized spacial score (nSPS) is 14.8. The van der Waals surface area contributed by atoms with E-state index in [2.05, 4.69) is 20.9 Å². The van der Waals surface area contributed by atoms with Crippen molar-refractivity contribution in [3.63, 3.8) is 0 Å². The van der Waals surface area contributed by atoms with Gasteiger partial charge in [0.15, 0.2) is 5.96 Å². The molecule has 0 atom stereocenters. The fourth-order valence-electron chi connectivity index (χ4n) is 1.27. The molecule has 1 aliphatic rings. The predicted molar refractivity (Wildman–Crippen MR) is 80.8 cm³/mol. The number of nitrogens with one attached hydrogen (secondary N) is 3. The Bertz CT molecular complexity index is 254. The monoisotopic (exact) mass is 354 g/mol. The van der Waals surface area contributed by atoms with Crippen molar-refractivity contribution in [2.24, 2.45) is 10.9 Å². The summed E-state index contributed by atoms with van der Waals surface area (Å²) in [5.74, 6) is 1.52. The van der Waals surface area contributed by atoms with Gasteiger partial charge in [0.2, 0.25) is 5.91 Å². The Morgan fingerprint density at radius 1 is 1.29 bits per heavy atom. The molecule has 100 valence electrons. The first-order chi connectivity index (χ1) is 7.76. The summed E-state index contributed by atoms with van der Waals surface area (Å²) in [5.41, 5.74) is 0. The highest BCUT2D eigenvalue weighted by atomic mass is 127. The van der Waals surface area contributed by atoms with Crippen LogP contribution in [-0.4, -0.2) is 38.5 Å². The molecule has 0 unspecified atom stereocenters. The van der Waals surface area contributed by atoms with Gasteiger partial charge in [-0.3, -0.25) is 9.79 Å². The number of hydrogen-bond donors (Lipinski definition) is 3. The number of guanidine groups is 1. The van der Waals surface area contributed by atoms with Crippen molar-refractivity contribution < 1.29 is 4.79 Å². The topological polar surface area (TPSA) is 65.5 Å². The summed E-state index contributed by atoms with van der Waals surface area (Å²) >= 11 is 0. The molecule has 6 heteroatoms. The molecule has 1 rings (SSSR count). The number of rotatable bonds is 6. The summed E-state index contributed by atoms with van der Waals surface area (Å²) < 4.78 is 0. The molecule has 1 amide bonds. The van der Waals surface area contributed by atoms with Crippen molar-refractivity contribution in [2.45, 2.75) is 26.2 Å². The highest BCUT2D eigenvalue weighted by Crippen LogP contribution is 2.27. The lowest BCUT2D eigenvalue weighted by Crippen LogP contribution is -2.43. The second kappa shape index (κ2) is 9.49. The van der Waals surface area contributed by atoms with Gasteiger partial charge >= 0.3 is 0 Å². The molecule has 1 aliphatic carbocycles. The van der Waals surface area contributed by atoms with Gasteiger partial charge in [-0.2, -0.15) is 0 Å². The Balaban J connectivity index is 0.00000256. The van der Waals surface area contributed by atoms with Crippen LogP contribution in [0.15, 0.2) is 4.99 Å². The first-order valence-electron chi connectivity index (χ1n) is 5.97.